The molecule has 5 rings (SSSR count). The predicted molar refractivity (Wildman–Crippen MR) is 128 cm³/mol. The highest BCUT2D eigenvalue weighted by molar-refractivity contribution is 6.01. The summed E-state index contributed by atoms with van der Waals surface area (Å²) >= 11 is 0. The number of hydrogen-bond donors (Lipinski definition) is 3. The van der Waals surface area contributed by atoms with E-state index in [-0.39, 0.29) is 29.5 Å². The van der Waals surface area contributed by atoms with E-state index in [9.17, 15) is 27.6 Å². The monoisotopic (exact) mass is 513 g/mol. The maximum absolute atomic E-state index is 13.6. The summed E-state index contributed by atoms with van der Waals surface area (Å²) in [6.45, 7) is 0. The number of rotatable bonds is 4. The fourth-order valence-corrected chi connectivity index (χ4v) is 5.09. The molecule has 11 heteroatoms. The van der Waals surface area contributed by atoms with Gasteiger partial charge in [-0.25, -0.2) is 4.79 Å². The highest BCUT2D eigenvalue weighted by atomic mass is 19.4. The van der Waals surface area contributed by atoms with E-state index in [2.05, 4.69) is 15.3 Å². The number of anilines is 1. The van der Waals surface area contributed by atoms with Gasteiger partial charge in [0.25, 0.3) is 5.56 Å². The number of fused-ring (bicyclic) bond motifs is 1. The van der Waals surface area contributed by atoms with Gasteiger partial charge in [-0.2, -0.15) is 13.2 Å². The first-order valence-corrected chi connectivity index (χ1v) is 11.4. The Hall–Kier alpha value is -4.28. The quantitative estimate of drug-likeness (QED) is 0.485. The lowest BCUT2D eigenvalue weighted by Gasteiger charge is -2.35. The van der Waals surface area contributed by atoms with E-state index in [1.165, 1.54) is 26.4 Å². The van der Waals surface area contributed by atoms with Crippen molar-refractivity contribution in [3.05, 3.63) is 96.8 Å². The summed E-state index contributed by atoms with van der Waals surface area (Å²) in [5, 5.41) is 3.04. The molecule has 0 saturated carbocycles. The topological polar surface area (TPSA) is 113 Å². The van der Waals surface area contributed by atoms with Crippen molar-refractivity contribution in [3.8, 4) is 11.5 Å². The number of H-pyrrole nitrogens is 2. The average Bonchev–Trinajstić information content (AvgIpc) is 2.86. The lowest BCUT2D eigenvalue weighted by atomic mass is 9.72. The molecule has 3 N–H and O–H groups in total. The van der Waals surface area contributed by atoms with Crippen LogP contribution in [0.5, 0.6) is 11.5 Å². The molecule has 37 heavy (non-hydrogen) atoms. The molecule has 2 atom stereocenters. The summed E-state index contributed by atoms with van der Waals surface area (Å²) in [6, 6.07) is 9.71. The second-order valence-electron chi connectivity index (χ2n) is 8.91. The fourth-order valence-electron chi connectivity index (χ4n) is 5.09. The van der Waals surface area contributed by atoms with E-state index < -0.39 is 28.9 Å². The van der Waals surface area contributed by atoms with Crippen LogP contribution in [0.25, 0.3) is 0 Å². The van der Waals surface area contributed by atoms with Crippen molar-refractivity contribution < 1.29 is 27.4 Å². The van der Waals surface area contributed by atoms with Crippen molar-refractivity contribution in [2.24, 2.45) is 0 Å². The first-order valence-electron chi connectivity index (χ1n) is 11.4. The van der Waals surface area contributed by atoms with Crippen molar-refractivity contribution in [3.63, 3.8) is 0 Å². The molecule has 2 heterocycles. The number of allylic oxidation sites excluding steroid dienone is 2. The number of halogens is 3. The number of benzene rings is 2. The average molecular weight is 513 g/mol. The minimum atomic E-state index is -4.54. The van der Waals surface area contributed by atoms with E-state index in [1.807, 2.05) is 6.07 Å². The summed E-state index contributed by atoms with van der Waals surface area (Å²) in [6.07, 6.45) is -4.06. The van der Waals surface area contributed by atoms with Crippen LogP contribution in [0.3, 0.4) is 0 Å². The van der Waals surface area contributed by atoms with Crippen LogP contribution in [0.1, 0.15) is 46.9 Å². The van der Waals surface area contributed by atoms with Gasteiger partial charge in [0.05, 0.1) is 25.3 Å². The standard InChI is InChI=1S/C26H22F3N3O5/c1-36-18-8-5-13(11-19(18)37-2)14-9-16-21(17(33)10-14)20(12-3-6-15(7-4-12)26(27,28)29)22-23(30-16)31-25(35)32-24(22)34/h3-8,11,14,20H,9-10H2,1-2H3,(H3,30,31,32,34,35)/t14-,20-/m1/s1. The van der Waals surface area contributed by atoms with Crippen molar-refractivity contribution in [2.45, 2.75) is 30.9 Å². The van der Waals surface area contributed by atoms with E-state index in [0.29, 0.717) is 34.8 Å². The number of aromatic nitrogens is 2. The minimum absolute atomic E-state index is 0.0658. The Morgan fingerprint density at radius 1 is 0.865 bits per heavy atom. The molecule has 0 unspecified atom stereocenters. The third-order valence-corrected chi connectivity index (χ3v) is 6.79. The van der Waals surface area contributed by atoms with Gasteiger partial charge in [0.15, 0.2) is 17.3 Å². The number of Topliss-reactive ketones (excluding diaryl/α,β-unsaturated/α-hetero) is 1. The van der Waals surface area contributed by atoms with Gasteiger partial charge in [-0.05, 0) is 47.7 Å². The lowest BCUT2D eigenvalue weighted by molar-refractivity contribution is -0.137. The molecule has 1 aliphatic carbocycles. The van der Waals surface area contributed by atoms with Gasteiger partial charge in [-0.15, -0.1) is 0 Å². The van der Waals surface area contributed by atoms with E-state index in [0.717, 1.165) is 17.7 Å². The normalized spacial score (nSPS) is 19.1. The largest absolute Gasteiger partial charge is 0.493 e. The molecule has 0 spiro atoms. The van der Waals surface area contributed by atoms with Crippen LogP contribution in [0.2, 0.25) is 0 Å². The Balaban J connectivity index is 1.62. The van der Waals surface area contributed by atoms with Crippen LogP contribution in [0.15, 0.2) is 63.3 Å². The lowest BCUT2D eigenvalue weighted by Crippen LogP contribution is -2.37. The Bertz CT molecular complexity index is 1540. The summed E-state index contributed by atoms with van der Waals surface area (Å²) < 4.78 is 50.2. The van der Waals surface area contributed by atoms with Gasteiger partial charge in [-0.3, -0.25) is 19.6 Å². The predicted octanol–water partition coefficient (Wildman–Crippen LogP) is 4.06. The number of ketones is 1. The second-order valence-corrected chi connectivity index (χ2v) is 8.91. The highest BCUT2D eigenvalue weighted by Crippen LogP contribution is 2.47. The van der Waals surface area contributed by atoms with E-state index >= 15 is 0 Å². The Labute approximate surface area is 208 Å². The van der Waals surface area contributed by atoms with Gasteiger partial charge >= 0.3 is 11.9 Å². The van der Waals surface area contributed by atoms with Crippen LogP contribution in [-0.2, 0) is 11.0 Å². The molecule has 1 aliphatic heterocycles. The van der Waals surface area contributed by atoms with Crippen molar-refractivity contribution in [2.75, 3.05) is 19.5 Å². The first-order chi connectivity index (χ1) is 17.6. The van der Waals surface area contributed by atoms with Gasteiger partial charge in [-0.1, -0.05) is 18.2 Å². The first kappa shape index (κ1) is 24.4. The molecule has 192 valence electrons. The number of aromatic amines is 2. The molecule has 3 aromatic rings. The van der Waals surface area contributed by atoms with Gasteiger partial charge < -0.3 is 14.8 Å². The molecular weight excluding hydrogens is 491 g/mol. The number of hydrogen-bond acceptors (Lipinski definition) is 6. The van der Waals surface area contributed by atoms with Crippen molar-refractivity contribution >= 4 is 11.6 Å². The highest BCUT2D eigenvalue weighted by Gasteiger charge is 2.41. The van der Waals surface area contributed by atoms with Crippen molar-refractivity contribution in [1.29, 1.82) is 0 Å². The molecule has 0 amide bonds. The molecule has 8 nitrogen and oxygen atoms in total. The zero-order chi connectivity index (χ0) is 26.5. The van der Waals surface area contributed by atoms with Crippen LogP contribution in [0, 0.1) is 0 Å². The number of carbonyl (C=O) groups excluding carboxylic acids is 1. The smallest absolute Gasteiger partial charge is 0.416 e. The molecule has 0 saturated heterocycles. The van der Waals surface area contributed by atoms with Crippen LogP contribution >= 0.6 is 0 Å². The molecule has 2 aromatic carbocycles. The fraction of sp³-hybridized carbons (Fsp3) is 0.269. The molecule has 0 radical (unpaired) electrons. The summed E-state index contributed by atoms with van der Waals surface area (Å²) in [4.78, 5) is 43.1. The van der Waals surface area contributed by atoms with Gasteiger partial charge in [0.1, 0.15) is 5.82 Å². The molecule has 2 aliphatic rings. The van der Waals surface area contributed by atoms with E-state index in [4.69, 9.17) is 9.47 Å². The number of carbonyl (C=O) groups is 1. The van der Waals surface area contributed by atoms with Gasteiger partial charge in [0.2, 0.25) is 0 Å². The summed E-state index contributed by atoms with van der Waals surface area (Å²) in [5.41, 5.74) is -0.303. The number of alkyl halides is 3. The Morgan fingerprint density at radius 2 is 1.54 bits per heavy atom. The van der Waals surface area contributed by atoms with Crippen LogP contribution < -0.4 is 26.0 Å². The molecule has 1 aromatic heterocycles. The number of ether oxygens (including phenoxy) is 2. The van der Waals surface area contributed by atoms with Crippen LogP contribution in [0.4, 0.5) is 19.0 Å². The summed E-state index contributed by atoms with van der Waals surface area (Å²) in [5.74, 6) is -0.298. The molecule has 0 fully saturated rings. The maximum Gasteiger partial charge on any atom is 0.416 e. The van der Waals surface area contributed by atoms with E-state index in [1.54, 1.807) is 12.1 Å². The Morgan fingerprint density at radius 3 is 2.19 bits per heavy atom. The number of nitrogens with one attached hydrogen (secondary N) is 3. The molecule has 0 bridgehead atoms. The summed E-state index contributed by atoms with van der Waals surface area (Å²) in [7, 11) is 3.03. The number of methoxy groups -OCH3 is 2. The SMILES string of the molecule is COc1ccc([C@H]2CC(=O)C3=C(C2)Nc2[nH]c(=O)[nH]c(=O)c2[C@@H]3c2ccc(C(F)(F)F)cc2)cc1OC. The molecular formula is C26H22F3N3O5. The minimum Gasteiger partial charge on any atom is -0.493 e. The van der Waals surface area contributed by atoms with Gasteiger partial charge in [0, 0.05) is 23.6 Å². The second kappa shape index (κ2) is 8.99. The van der Waals surface area contributed by atoms with Crippen molar-refractivity contribution in [1.82, 2.24) is 9.97 Å². The zero-order valence-electron chi connectivity index (χ0n) is 19.8. The third kappa shape index (κ3) is 4.30. The third-order valence-electron chi connectivity index (χ3n) is 6.79. The van der Waals surface area contributed by atoms with Crippen LogP contribution in [-0.4, -0.2) is 30.0 Å². The zero-order valence-corrected chi connectivity index (χ0v) is 19.8. The maximum atomic E-state index is 13.6. The Kier molecular flexibility index (Phi) is 5.93.